The highest BCUT2D eigenvalue weighted by molar-refractivity contribution is 5.86. The number of para-hydroxylation sites is 1. The average molecular weight is 482 g/mol. The molecule has 3 heterocycles. The van der Waals surface area contributed by atoms with Gasteiger partial charge in [-0.15, -0.1) is 0 Å². The number of nitrogens with zero attached hydrogens (tertiary/aromatic N) is 2. The minimum atomic E-state index is 0.250. The zero-order valence-corrected chi connectivity index (χ0v) is 21.2. The van der Waals surface area contributed by atoms with Gasteiger partial charge in [-0.05, 0) is 62.4 Å². The van der Waals surface area contributed by atoms with Gasteiger partial charge in [0.1, 0.15) is 5.69 Å². The first-order valence-corrected chi connectivity index (χ1v) is 12.5. The van der Waals surface area contributed by atoms with Gasteiger partial charge < -0.3 is 19.9 Å². The number of aldehydes is 1. The van der Waals surface area contributed by atoms with Gasteiger partial charge in [0, 0.05) is 43.5 Å². The van der Waals surface area contributed by atoms with Crippen LogP contribution in [0.3, 0.4) is 0 Å². The van der Waals surface area contributed by atoms with Crippen molar-refractivity contribution in [3.8, 4) is 5.88 Å². The number of fused-ring (bicyclic) bond motifs is 1. The first-order chi connectivity index (χ1) is 17.1. The molecule has 7 nitrogen and oxygen atoms in total. The lowest BCUT2D eigenvalue weighted by atomic mass is 10.0. The van der Waals surface area contributed by atoms with Crippen molar-refractivity contribution in [3.05, 3.63) is 65.5 Å². The van der Waals surface area contributed by atoms with Gasteiger partial charge in [0.25, 0.3) is 0 Å². The third kappa shape index (κ3) is 10.1. The molecule has 1 saturated heterocycles. The number of nitrogens with one attached hydrogen (secondary N) is 1. The largest absolute Gasteiger partial charge is 0.478 e. The molecule has 0 spiro atoms. The third-order valence-corrected chi connectivity index (χ3v) is 5.30. The molecular weight excluding hydrogens is 442 g/mol. The smallest absolute Gasteiger partial charge is 0.213 e. The number of aromatic nitrogens is 2. The summed E-state index contributed by atoms with van der Waals surface area (Å²) in [5.41, 5.74) is 3.43. The van der Waals surface area contributed by atoms with E-state index in [0.717, 1.165) is 60.5 Å². The number of carbonyl (C=O) groups excluding carboxylic acids is 1. The van der Waals surface area contributed by atoms with Crippen LogP contribution in [0.25, 0.3) is 10.9 Å². The standard InChI is InChI=1S/C19H18N2O2.C7H15NO.C2H6O/c1-2-9-23-19-8-7-14(12-20-19)10-15-11-16(13-22)21-18-6-4-3-5-17(15)18;1-2-8-7-3-5-9-6-4-7;1-2-3/h3-8,11-13H,2,9-10H2,1H3;7-8H,2-6H2,1H3;3H,2H2,1H3. The Kier molecular flexibility index (Phi) is 13.5. The summed E-state index contributed by atoms with van der Waals surface area (Å²) in [4.78, 5) is 19.8. The number of ether oxygens (including phenoxy) is 2. The summed E-state index contributed by atoms with van der Waals surface area (Å²) in [5.74, 6) is 0.642. The number of benzene rings is 1. The fraction of sp³-hybridized carbons (Fsp3) is 0.464. The highest BCUT2D eigenvalue weighted by Gasteiger charge is 2.11. The van der Waals surface area contributed by atoms with Gasteiger partial charge in [-0.2, -0.15) is 0 Å². The molecule has 0 saturated carbocycles. The fourth-order valence-corrected chi connectivity index (χ4v) is 3.69. The van der Waals surface area contributed by atoms with Gasteiger partial charge in [0.15, 0.2) is 6.29 Å². The van der Waals surface area contributed by atoms with Crippen molar-refractivity contribution in [1.29, 1.82) is 0 Å². The van der Waals surface area contributed by atoms with E-state index >= 15 is 0 Å². The van der Waals surface area contributed by atoms with Crippen LogP contribution < -0.4 is 10.1 Å². The molecule has 0 bridgehead atoms. The van der Waals surface area contributed by atoms with Crippen LogP contribution in [0.1, 0.15) is 61.6 Å². The molecule has 3 aromatic rings. The summed E-state index contributed by atoms with van der Waals surface area (Å²) in [6.07, 6.45) is 6.64. The molecule has 190 valence electrons. The number of hydrogen-bond acceptors (Lipinski definition) is 7. The Morgan fingerprint density at radius 3 is 2.51 bits per heavy atom. The van der Waals surface area contributed by atoms with Gasteiger partial charge in [0.2, 0.25) is 5.88 Å². The van der Waals surface area contributed by atoms with E-state index in [9.17, 15) is 4.79 Å². The highest BCUT2D eigenvalue weighted by Crippen LogP contribution is 2.21. The second-order valence-electron chi connectivity index (χ2n) is 8.13. The van der Waals surface area contributed by atoms with E-state index < -0.39 is 0 Å². The maximum Gasteiger partial charge on any atom is 0.213 e. The number of rotatable bonds is 8. The van der Waals surface area contributed by atoms with Crippen molar-refractivity contribution in [2.75, 3.05) is 33.0 Å². The second kappa shape index (κ2) is 16.7. The van der Waals surface area contributed by atoms with Gasteiger partial charge in [-0.3, -0.25) is 4.79 Å². The van der Waals surface area contributed by atoms with E-state index in [1.54, 1.807) is 6.92 Å². The Hall–Kier alpha value is -2.87. The third-order valence-electron chi connectivity index (χ3n) is 5.30. The first kappa shape index (κ1) is 28.4. The van der Waals surface area contributed by atoms with Crippen molar-refractivity contribution < 1.29 is 19.4 Å². The predicted octanol–water partition coefficient (Wildman–Crippen LogP) is 4.60. The van der Waals surface area contributed by atoms with E-state index in [-0.39, 0.29) is 6.61 Å². The number of pyridine rings is 2. The van der Waals surface area contributed by atoms with E-state index in [1.807, 2.05) is 48.7 Å². The first-order valence-electron chi connectivity index (χ1n) is 12.5. The molecule has 1 aliphatic rings. The van der Waals surface area contributed by atoms with Crippen LogP contribution in [0.15, 0.2) is 48.7 Å². The Morgan fingerprint density at radius 1 is 1.14 bits per heavy atom. The Bertz CT molecular complexity index is 986. The highest BCUT2D eigenvalue weighted by atomic mass is 16.5. The molecule has 0 radical (unpaired) electrons. The van der Waals surface area contributed by atoms with Crippen LogP contribution >= 0.6 is 0 Å². The molecule has 0 unspecified atom stereocenters. The summed E-state index contributed by atoms with van der Waals surface area (Å²) >= 11 is 0. The predicted molar refractivity (Wildman–Crippen MR) is 140 cm³/mol. The lowest BCUT2D eigenvalue weighted by molar-refractivity contribution is 0.0785. The lowest BCUT2D eigenvalue weighted by Crippen LogP contribution is -2.34. The van der Waals surface area contributed by atoms with E-state index in [1.165, 1.54) is 12.8 Å². The lowest BCUT2D eigenvalue weighted by Gasteiger charge is -2.22. The maximum atomic E-state index is 11.1. The summed E-state index contributed by atoms with van der Waals surface area (Å²) in [6.45, 7) is 9.78. The van der Waals surface area contributed by atoms with Crippen LogP contribution in [-0.2, 0) is 11.2 Å². The van der Waals surface area contributed by atoms with Crippen LogP contribution in [-0.4, -0.2) is 60.4 Å². The van der Waals surface area contributed by atoms with Gasteiger partial charge in [-0.1, -0.05) is 38.1 Å². The summed E-state index contributed by atoms with van der Waals surface area (Å²) in [7, 11) is 0. The van der Waals surface area contributed by atoms with Crippen molar-refractivity contribution >= 4 is 17.2 Å². The maximum absolute atomic E-state index is 11.1. The molecule has 0 atom stereocenters. The Balaban J connectivity index is 0.000000299. The number of aliphatic hydroxyl groups excluding tert-OH is 1. The van der Waals surface area contributed by atoms with Crippen LogP contribution in [0, 0.1) is 0 Å². The molecule has 1 aliphatic heterocycles. The van der Waals surface area contributed by atoms with Crippen molar-refractivity contribution in [2.45, 2.75) is 52.5 Å². The fourth-order valence-electron chi connectivity index (χ4n) is 3.69. The van der Waals surface area contributed by atoms with E-state index in [0.29, 0.717) is 24.6 Å². The number of hydrogen-bond donors (Lipinski definition) is 2. The van der Waals surface area contributed by atoms with Crippen LogP contribution in [0.2, 0.25) is 0 Å². The molecule has 2 aromatic heterocycles. The molecule has 35 heavy (non-hydrogen) atoms. The minimum absolute atomic E-state index is 0.250. The summed E-state index contributed by atoms with van der Waals surface area (Å²) in [6, 6.07) is 14.3. The molecular formula is C28H39N3O4. The molecule has 1 aromatic carbocycles. The molecule has 2 N–H and O–H groups in total. The number of carbonyl (C=O) groups is 1. The average Bonchev–Trinajstić information content (AvgIpc) is 2.90. The number of aliphatic hydroxyl groups is 1. The van der Waals surface area contributed by atoms with Crippen molar-refractivity contribution in [2.24, 2.45) is 0 Å². The van der Waals surface area contributed by atoms with Crippen LogP contribution in [0.4, 0.5) is 0 Å². The monoisotopic (exact) mass is 481 g/mol. The summed E-state index contributed by atoms with van der Waals surface area (Å²) < 4.78 is 10.7. The van der Waals surface area contributed by atoms with E-state index in [2.05, 4.69) is 29.1 Å². The molecule has 0 amide bonds. The van der Waals surface area contributed by atoms with Crippen molar-refractivity contribution in [3.63, 3.8) is 0 Å². The SMILES string of the molecule is CCCOc1ccc(Cc2cc(C=O)nc3ccccc23)cn1.CCNC1CCOCC1.CCO. The quantitative estimate of drug-likeness (QED) is 0.454. The molecule has 7 heteroatoms. The van der Waals surface area contributed by atoms with Gasteiger partial charge >= 0.3 is 0 Å². The summed E-state index contributed by atoms with van der Waals surface area (Å²) in [5, 5.41) is 12.0. The van der Waals surface area contributed by atoms with Gasteiger partial charge in [0.05, 0.1) is 12.1 Å². The second-order valence-corrected chi connectivity index (χ2v) is 8.13. The van der Waals surface area contributed by atoms with Crippen molar-refractivity contribution in [1.82, 2.24) is 15.3 Å². The minimum Gasteiger partial charge on any atom is -0.478 e. The molecule has 0 aliphatic carbocycles. The topological polar surface area (TPSA) is 93.6 Å². The van der Waals surface area contributed by atoms with E-state index in [4.69, 9.17) is 14.6 Å². The molecule has 4 rings (SSSR count). The molecule has 1 fully saturated rings. The van der Waals surface area contributed by atoms with Crippen LogP contribution in [0.5, 0.6) is 5.88 Å². The Labute approximate surface area is 208 Å². The van der Waals surface area contributed by atoms with Gasteiger partial charge in [-0.25, -0.2) is 9.97 Å². The normalized spacial score (nSPS) is 13.3. The zero-order valence-electron chi connectivity index (χ0n) is 21.2. The Morgan fingerprint density at radius 2 is 1.89 bits per heavy atom. The zero-order chi connectivity index (χ0) is 25.3.